The van der Waals surface area contributed by atoms with Crippen LogP contribution in [0.25, 0.3) is 0 Å². The zero-order chi connectivity index (χ0) is 29.0. The Morgan fingerprint density at radius 1 is 1.25 bits per heavy atom. The summed E-state index contributed by atoms with van der Waals surface area (Å²) in [6.45, 7) is 7.29. The van der Waals surface area contributed by atoms with Crippen molar-refractivity contribution in [2.75, 3.05) is 37.4 Å². The summed E-state index contributed by atoms with van der Waals surface area (Å²) in [4.78, 5) is 50.6. The third kappa shape index (κ3) is 6.04. The first-order valence-electron chi connectivity index (χ1n) is 12.8. The second kappa shape index (κ2) is 12.1. The third-order valence-electron chi connectivity index (χ3n) is 6.80. The maximum absolute atomic E-state index is 13.6. The molecule has 3 heterocycles. The van der Waals surface area contributed by atoms with E-state index in [0.717, 1.165) is 0 Å². The molecule has 0 fully saturated rings. The van der Waals surface area contributed by atoms with Crippen LogP contribution in [0.3, 0.4) is 0 Å². The lowest BCUT2D eigenvalue weighted by Crippen LogP contribution is -2.50. The molecule has 3 N–H and O–H groups in total. The topological polar surface area (TPSA) is 163 Å². The number of carbonyl (C=O) groups is 3. The Bertz CT molecular complexity index is 1360. The van der Waals surface area contributed by atoms with Gasteiger partial charge in [-0.15, -0.1) is 0 Å². The second-order valence-electron chi connectivity index (χ2n) is 9.86. The van der Waals surface area contributed by atoms with Crippen molar-refractivity contribution in [2.24, 2.45) is 5.92 Å². The maximum Gasteiger partial charge on any atom is 0.321 e. The molecule has 0 saturated heterocycles. The summed E-state index contributed by atoms with van der Waals surface area (Å²) in [6.07, 6.45) is 3.60. The zero-order valence-corrected chi connectivity index (χ0v) is 23.0. The number of para-hydroxylation sites is 1. The third-order valence-corrected chi connectivity index (χ3v) is 6.80. The summed E-state index contributed by atoms with van der Waals surface area (Å²) >= 11 is 0. The molecule has 4 rings (SSSR count). The van der Waals surface area contributed by atoms with Gasteiger partial charge in [-0.25, -0.2) is 9.78 Å². The summed E-state index contributed by atoms with van der Waals surface area (Å²) in [5.41, 5.74) is 1.63. The molecule has 3 aromatic rings. The predicted molar refractivity (Wildman–Crippen MR) is 145 cm³/mol. The molecule has 1 aliphatic heterocycles. The molecular formula is C27H33N7O6. The number of nitrogens with zero attached hydrogens (tertiary/aromatic N) is 5. The minimum absolute atomic E-state index is 0.0912. The van der Waals surface area contributed by atoms with Crippen LogP contribution in [0.4, 0.5) is 16.2 Å². The van der Waals surface area contributed by atoms with Gasteiger partial charge in [-0.05, 0) is 32.9 Å². The van der Waals surface area contributed by atoms with E-state index in [1.807, 2.05) is 6.92 Å². The van der Waals surface area contributed by atoms with E-state index in [4.69, 9.17) is 9.26 Å². The van der Waals surface area contributed by atoms with Crippen LogP contribution in [0, 0.1) is 19.8 Å². The molecule has 40 heavy (non-hydrogen) atoms. The Morgan fingerprint density at radius 2 is 2.02 bits per heavy atom. The monoisotopic (exact) mass is 551 g/mol. The molecule has 0 bridgehead atoms. The lowest BCUT2D eigenvalue weighted by atomic mass is 9.99. The minimum atomic E-state index is -0.588. The van der Waals surface area contributed by atoms with Gasteiger partial charge >= 0.3 is 6.03 Å². The van der Waals surface area contributed by atoms with Crippen LogP contribution in [0.2, 0.25) is 0 Å². The first-order chi connectivity index (χ1) is 19.1. The highest BCUT2D eigenvalue weighted by atomic mass is 16.5. The van der Waals surface area contributed by atoms with E-state index in [1.54, 1.807) is 50.9 Å². The number of aliphatic hydroxyl groups is 1. The molecule has 1 aromatic carbocycles. The van der Waals surface area contributed by atoms with Gasteiger partial charge in [0.1, 0.15) is 23.2 Å². The molecule has 212 valence electrons. The van der Waals surface area contributed by atoms with Crippen molar-refractivity contribution >= 4 is 29.2 Å². The van der Waals surface area contributed by atoms with E-state index < -0.39 is 24.1 Å². The number of benzene rings is 1. The van der Waals surface area contributed by atoms with Crippen molar-refractivity contribution in [1.82, 2.24) is 24.9 Å². The van der Waals surface area contributed by atoms with Gasteiger partial charge in [0, 0.05) is 31.9 Å². The fourth-order valence-electron chi connectivity index (χ4n) is 4.38. The predicted octanol–water partition coefficient (Wildman–Crippen LogP) is 2.72. The minimum Gasteiger partial charge on any atom is -0.485 e. The van der Waals surface area contributed by atoms with Crippen LogP contribution < -0.4 is 15.4 Å². The average Bonchev–Trinajstić information content (AvgIpc) is 3.27. The number of rotatable bonds is 7. The van der Waals surface area contributed by atoms with E-state index >= 15 is 0 Å². The maximum atomic E-state index is 13.6. The molecule has 0 saturated carbocycles. The number of hydrogen-bond acceptors (Lipinski definition) is 9. The van der Waals surface area contributed by atoms with Crippen molar-refractivity contribution in [3.8, 4) is 5.75 Å². The molecule has 13 heteroatoms. The van der Waals surface area contributed by atoms with Crippen molar-refractivity contribution < 1.29 is 28.8 Å². The highest BCUT2D eigenvalue weighted by Gasteiger charge is 2.35. The summed E-state index contributed by atoms with van der Waals surface area (Å²) in [5.74, 6) is -0.484. The van der Waals surface area contributed by atoms with E-state index in [1.165, 1.54) is 23.5 Å². The number of carbonyl (C=O) groups excluding carboxylic acids is 3. The fourth-order valence-corrected chi connectivity index (χ4v) is 4.38. The summed E-state index contributed by atoms with van der Waals surface area (Å²) < 4.78 is 11.6. The van der Waals surface area contributed by atoms with Crippen LogP contribution in [-0.2, 0) is 0 Å². The van der Waals surface area contributed by atoms with Crippen molar-refractivity contribution in [3.63, 3.8) is 0 Å². The number of aromatic nitrogens is 3. The molecule has 0 spiro atoms. The van der Waals surface area contributed by atoms with Gasteiger partial charge in [0.05, 0.1) is 36.6 Å². The Morgan fingerprint density at radius 3 is 2.67 bits per heavy atom. The number of aliphatic hydroxyl groups excluding tert-OH is 1. The first kappa shape index (κ1) is 28.5. The number of aryl methyl sites for hydroxylation is 2. The van der Waals surface area contributed by atoms with E-state index in [0.29, 0.717) is 17.1 Å². The summed E-state index contributed by atoms with van der Waals surface area (Å²) in [6, 6.07) is 4.00. The van der Waals surface area contributed by atoms with Gasteiger partial charge in [-0.2, -0.15) is 0 Å². The summed E-state index contributed by atoms with van der Waals surface area (Å²) in [7, 11) is 1.63. The fraction of sp³-hybridized carbons (Fsp3) is 0.407. The number of nitrogens with one attached hydrogen (secondary N) is 2. The van der Waals surface area contributed by atoms with Gasteiger partial charge in [0.2, 0.25) is 0 Å². The van der Waals surface area contributed by atoms with Crippen LogP contribution in [0.5, 0.6) is 5.75 Å². The standard InChI is InChI=1S/C27H33N7O6/c1-15-12-34(16(2)14-35)26(37)19-7-6-8-20(30-25(36)21-11-28-9-10-29-21)24(19)39-22(15)13-33(5)27(38)31-23-17(3)32-40-18(23)4/h6-11,15-16,22,35H,12-14H2,1-5H3,(H,30,36)(H,31,38)/t15-,16+,22-/m0/s1. The number of fused-ring (bicyclic) bond motifs is 1. The Balaban J connectivity index is 1.66. The van der Waals surface area contributed by atoms with Gasteiger partial charge in [-0.1, -0.05) is 18.1 Å². The van der Waals surface area contributed by atoms with Crippen molar-refractivity contribution in [2.45, 2.75) is 39.8 Å². The largest absolute Gasteiger partial charge is 0.485 e. The number of anilines is 2. The first-order valence-corrected chi connectivity index (χ1v) is 12.8. The van der Waals surface area contributed by atoms with Gasteiger partial charge < -0.3 is 34.8 Å². The smallest absolute Gasteiger partial charge is 0.321 e. The molecule has 0 radical (unpaired) electrons. The van der Waals surface area contributed by atoms with Gasteiger partial charge in [0.25, 0.3) is 11.8 Å². The van der Waals surface area contributed by atoms with E-state index in [2.05, 4.69) is 25.8 Å². The highest BCUT2D eigenvalue weighted by Crippen LogP contribution is 2.35. The quantitative estimate of drug-likeness (QED) is 0.401. The lowest BCUT2D eigenvalue weighted by Gasteiger charge is -2.38. The van der Waals surface area contributed by atoms with Gasteiger partial charge in [-0.3, -0.25) is 14.6 Å². The molecule has 4 amide bonds. The second-order valence-corrected chi connectivity index (χ2v) is 9.86. The zero-order valence-electron chi connectivity index (χ0n) is 23.0. The van der Waals surface area contributed by atoms with Gasteiger partial charge in [0.15, 0.2) is 11.5 Å². The van der Waals surface area contributed by atoms with Crippen molar-refractivity contribution in [3.05, 3.63) is 59.5 Å². The number of ether oxygens (including phenoxy) is 1. The normalized spacial score (nSPS) is 17.6. The Labute approximate surface area is 231 Å². The number of likely N-dealkylation sites (N-methyl/N-ethyl adjacent to an activating group) is 1. The molecule has 2 aromatic heterocycles. The average molecular weight is 552 g/mol. The van der Waals surface area contributed by atoms with Crippen molar-refractivity contribution in [1.29, 1.82) is 0 Å². The molecule has 0 aliphatic carbocycles. The van der Waals surface area contributed by atoms with Crippen LogP contribution >= 0.6 is 0 Å². The molecule has 1 aliphatic rings. The lowest BCUT2D eigenvalue weighted by molar-refractivity contribution is 0.0372. The highest BCUT2D eigenvalue weighted by molar-refractivity contribution is 6.06. The molecular weight excluding hydrogens is 518 g/mol. The van der Waals surface area contributed by atoms with Crippen LogP contribution in [0.1, 0.15) is 46.1 Å². The number of urea groups is 1. The van der Waals surface area contributed by atoms with E-state index in [-0.39, 0.29) is 54.2 Å². The van der Waals surface area contributed by atoms with Crippen LogP contribution in [-0.4, -0.2) is 86.8 Å². The van der Waals surface area contributed by atoms with E-state index in [9.17, 15) is 19.5 Å². The molecule has 0 unspecified atom stereocenters. The van der Waals surface area contributed by atoms with Crippen LogP contribution in [0.15, 0.2) is 41.3 Å². The number of hydrogen-bond donors (Lipinski definition) is 3. The Kier molecular flexibility index (Phi) is 8.63. The molecule has 13 nitrogen and oxygen atoms in total. The Hall–Kier alpha value is -4.52. The summed E-state index contributed by atoms with van der Waals surface area (Å²) in [5, 5.41) is 19.3. The number of amides is 4. The SMILES string of the molecule is Cc1noc(C)c1NC(=O)N(C)C[C@@H]1Oc2c(NC(=O)c3cnccn3)cccc2C(=O)N([C@H](C)CO)C[C@@H]1C. The molecule has 3 atom stereocenters.